The normalized spacial score (nSPS) is 15.8. The molecule has 1 fully saturated rings. The van der Waals surface area contributed by atoms with Gasteiger partial charge in [-0.15, -0.1) is 0 Å². The number of ether oxygens (including phenoxy) is 3. The fourth-order valence-electron chi connectivity index (χ4n) is 3.05. The Morgan fingerprint density at radius 2 is 1.93 bits per heavy atom. The summed E-state index contributed by atoms with van der Waals surface area (Å²) in [5.41, 5.74) is 1.92. The summed E-state index contributed by atoms with van der Waals surface area (Å²) in [6.45, 7) is 0.328. The summed E-state index contributed by atoms with van der Waals surface area (Å²) in [7, 11) is 3.07. The molecule has 144 valence electrons. The molecule has 0 N–H and O–H groups in total. The van der Waals surface area contributed by atoms with Crippen molar-refractivity contribution in [2.45, 2.75) is 13.0 Å². The molecule has 2 aromatic rings. The molecule has 0 aromatic heterocycles. The summed E-state index contributed by atoms with van der Waals surface area (Å²) in [5, 5.41) is 8.81. The molecule has 1 amide bonds. The average molecular weight is 380 g/mol. The second-order valence-electron chi connectivity index (χ2n) is 6.36. The second-order valence-corrected chi connectivity index (χ2v) is 6.36. The van der Waals surface area contributed by atoms with E-state index in [4.69, 9.17) is 19.5 Å². The number of esters is 1. The van der Waals surface area contributed by atoms with E-state index in [2.05, 4.69) is 0 Å². The second kappa shape index (κ2) is 8.44. The van der Waals surface area contributed by atoms with Crippen molar-refractivity contribution in [2.24, 2.45) is 5.92 Å². The van der Waals surface area contributed by atoms with Gasteiger partial charge >= 0.3 is 5.97 Å². The first-order valence-electron chi connectivity index (χ1n) is 8.73. The first kappa shape index (κ1) is 19.2. The largest absolute Gasteiger partial charge is 0.497 e. The molecule has 0 spiro atoms. The van der Waals surface area contributed by atoms with Gasteiger partial charge in [-0.1, -0.05) is 12.1 Å². The van der Waals surface area contributed by atoms with Crippen molar-refractivity contribution in [2.75, 3.05) is 25.7 Å². The molecule has 0 bridgehead atoms. The third kappa shape index (κ3) is 4.07. The predicted molar refractivity (Wildman–Crippen MR) is 101 cm³/mol. The molecule has 1 saturated heterocycles. The highest BCUT2D eigenvalue weighted by Crippen LogP contribution is 2.36. The average Bonchev–Trinajstić information content (AvgIpc) is 3.13. The van der Waals surface area contributed by atoms with E-state index in [0.717, 1.165) is 5.56 Å². The predicted octanol–water partition coefficient (Wildman–Crippen LogP) is 2.67. The van der Waals surface area contributed by atoms with E-state index in [1.165, 1.54) is 12.0 Å². The molecule has 7 heteroatoms. The zero-order chi connectivity index (χ0) is 20.1. The van der Waals surface area contributed by atoms with Crippen LogP contribution in [-0.2, 0) is 20.9 Å². The van der Waals surface area contributed by atoms with Crippen LogP contribution in [0.25, 0.3) is 0 Å². The zero-order valence-electron chi connectivity index (χ0n) is 15.7. The molecule has 1 heterocycles. The maximum absolute atomic E-state index is 12.5. The number of carbonyl (C=O) groups is 2. The number of hydrogen-bond donors (Lipinski definition) is 0. The Hall–Kier alpha value is -3.53. The van der Waals surface area contributed by atoms with Crippen LogP contribution >= 0.6 is 0 Å². The third-order valence-corrected chi connectivity index (χ3v) is 4.60. The van der Waals surface area contributed by atoms with E-state index in [1.807, 2.05) is 6.07 Å². The van der Waals surface area contributed by atoms with Gasteiger partial charge in [0.15, 0.2) is 0 Å². The van der Waals surface area contributed by atoms with Crippen LogP contribution in [0.1, 0.15) is 17.5 Å². The molecular weight excluding hydrogens is 360 g/mol. The SMILES string of the molecule is COc1ccc(N2C[C@H](C(=O)OCc3ccc(C#N)cc3)CC2=O)c(OC)c1. The molecule has 1 atom stereocenters. The lowest BCUT2D eigenvalue weighted by Crippen LogP contribution is -2.26. The van der Waals surface area contributed by atoms with Gasteiger partial charge in [-0.05, 0) is 29.8 Å². The number of anilines is 1. The fourth-order valence-corrected chi connectivity index (χ4v) is 3.05. The van der Waals surface area contributed by atoms with E-state index < -0.39 is 11.9 Å². The smallest absolute Gasteiger partial charge is 0.311 e. The highest BCUT2D eigenvalue weighted by Gasteiger charge is 2.37. The summed E-state index contributed by atoms with van der Waals surface area (Å²) in [4.78, 5) is 26.4. The molecule has 28 heavy (non-hydrogen) atoms. The van der Waals surface area contributed by atoms with Crippen molar-refractivity contribution in [3.63, 3.8) is 0 Å². The number of rotatable bonds is 6. The summed E-state index contributed by atoms with van der Waals surface area (Å²) < 4.78 is 15.9. The highest BCUT2D eigenvalue weighted by atomic mass is 16.5. The summed E-state index contributed by atoms with van der Waals surface area (Å²) in [6, 6.07) is 14.0. The van der Waals surface area contributed by atoms with Gasteiger partial charge in [-0.2, -0.15) is 5.26 Å². The monoisotopic (exact) mass is 380 g/mol. The number of carbonyl (C=O) groups excluding carboxylic acids is 2. The molecule has 3 rings (SSSR count). The van der Waals surface area contributed by atoms with Gasteiger partial charge in [0.1, 0.15) is 18.1 Å². The van der Waals surface area contributed by atoms with E-state index in [-0.39, 0.29) is 25.5 Å². The minimum absolute atomic E-state index is 0.0847. The standard InChI is InChI=1S/C21H20N2O5/c1-26-17-7-8-18(19(10-17)27-2)23-12-16(9-20(23)24)21(25)28-13-15-5-3-14(11-22)4-6-15/h3-8,10,16H,9,12-13H2,1-2H3/t16-/m1/s1. The van der Waals surface area contributed by atoms with Crippen molar-refractivity contribution in [3.05, 3.63) is 53.6 Å². The summed E-state index contributed by atoms with van der Waals surface area (Å²) in [6.07, 6.45) is 0.0847. The van der Waals surface area contributed by atoms with Crippen LogP contribution < -0.4 is 14.4 Å². The maximum atomic E-state index is 12.5. The molecule has 0 radical (unpaired) electrons. The minimum Gasteiger partial charge on any atom is -0.497 e. The van der Waals surface area contributed by atoms with Crippen LogP contribution in [-0.4, -0.2) is 32.6 Å². The van der Waals surface area contributed by atoms with Crippen molar-refractivity contribution in [3.8, 4) is 17.6 Å². The van der Waals surface area contributed by atoms with E-state index in [9.17, 15) is 9.59 Å². The number of nitriles is 1. The molecule has 2 aromatic carbocycles. The van der Waals surface area contributed by atoms with Gasteiger partial charge in [0, 0.05) is 19.0 Å². The fraction of sp³-hybridized carbons (Fsp3) is 0.286. The molecular formula is C21H20N2O5. The number of hydrogen-bond acceptors (Lipinski definition) is 6. The van der Waals surface area contributed by atoms with Gasteiger partial charge in [0.25, 0.3) is 0 Å². The molecule has 0 saturated carbocycles. The van der Waals surface area contributed by atoms with Gasteiger partial charge in [-0.25, -0.2) is 0 Å². The van der Waals surface area contributed by atoms with Crippen LogP contribution in [0.4, 0.5) is 5.69 Å². The Balaban J connectivity index is 1.65. The first-order chi connectivity index (χ1) is 13.5. The summed E-state index contributed by atoms with van der Waals surface area (Å²) >= 11 is 0. The maximum Gasteiger partial charge on any atom is 0.311 e. The lowest BCUT2D eigenvalue weighted by Gasteiger charge is -2.20. The highest BCUT2D eigenvalue weighted by molar-refractivity contribution is 6.00. The van der Waals surface area contributed by atoms with E-state index >= 15 is 0 Å². The molecule has 7 nitrogen and oxygen atoms in total. The van der Waals surface area contributed by atoms with Crippen molar-refractivity contribution in [1.29, 1.82) is 5.26 Å². The number of nitrogens with zero attached hydrogens (tertiary/aromatic N) is 2. The number of benzene rings is 2. The molecule has 1 aliphatic rings. The van der Waals surface area contributed by atoms with Crippen LogP contribution in [0.5, 0.6) is 11.5 Å². The first-order valence-corrected chi connectivity index (χ1v) is 8.73. The Labute approximate surface area is 163 Å². The van der Waals surface area contributed by atoms with Crippen LogP contribution in [0.3, 0.4) is 0 Å². The molecule has 1 aliphatic heterocycles. The van der Waals surface area contributed by atoms with Gasteiger partial charge in [0.05, 0.1) is 37.5 Å². The number of methoxy groups -OCH3 is 2. The quantitative estimate of drug-likeness (QED) is 0.716. The van der Waals surface area contributed by atoms with E-state index in [1.54, 1.807) is 49.6 Å². The molecule has 0 unspecified atom stereocenters. The van der Waals surface area contributed by atoms with E-state index in [0.29, 0.717) is 22.7 Å². The Kier molecular flexibility index (Phi) is 5.80. The minimum atomic E-state index is -0.544. The lowest BCUT2D eigenvalue weighted by atomic mass is 10.1. The Morgan fingerprint density at radius 1 is 1.18 bits per heavy atom. The summed E-state index contributed by atoms with van der Waals surface area (Å²) in [5.74, 6) is -0.0147. The van der Waals surface area contributed by atoms with Crippen molar-refractivity contribution < 1.29 is 23.8 Å². The number of amides is 1. The van der Waals surface area contributed by atoms with Gasteiger partial charge in [-0.3, -0.25) is 9.59 Å². The van der Waals surface area contributed by atoms with Crippen molar-refractivity contribution >= 4 is 17.6 Å². The lowest BCUT2D eigenvalue weighted by molar-refractivity contribution is -0.149. The molecule has 0 aliphatic carbocycles. The van der Waals surface area contributed by atoms with Gasteiger partial charge in [0.2, 0.25) is 5.91 Å². The van der Waals surface area contributed by atoms with Crippen molar-refractivity contribution in [1.82, 2.24) is 0 Å². The van der Waals surface area contributed by atoms with Gasteiger partial charge < -0.3 is 19.1 Å². The topological polar surface area (TPSA) is 88.9 Å². The van der Waals surface area contributed by atoms with Crippen LogP contribution in [0.2, 0.25) is 0 Å². The van der Waals surface area contributed by atoms with Crippen LogP contribution in [0.15, 0.2) is 42.5 Å². The Bertz CT molecular complexity index is 917. The third-order valence-electron chi connectivity index (χ3n) is 4.60. The zero-order valence-corrected chi connectivity index (χ0v) is 15.7. The Morgan fingerprint density at radius 3 is 2.57 bits per heavy atom. The van der Waals surface area contributed by atoms with Crippen LogP contribution in [0, 0.1) is 17.2 Å².